The van der Waals surface area contributed by atoms with E-state index in [2.05, 4.69) is 15.0 Å². The SMILES string of the molecule is Cc1[nH]cnc1-c1nccn1C(Cc1ccccc1)C(=O)O. The fourth-order valence-electron chi connectivity index (χ4n) is 2.47. The molecule has 0 amide bonds. The van der Waals surface area contributed by atoms with Gasteiger partial charge in [0.15, 0.2) is 5.82 Å². The van der Waals surface area contributed by atoms with Gasteiger partial charge in [-0.2, -0.15) is 0 Å². The smallest absolute Gasteiger partial charge is 0.327 e. The van der Waals surface area contributed by atoms with Gasteiger partial charge in [0.2, 0.25) is 0 Å². The van der Waals surface area contributed by atoms with Gasteiger partial charge in [0, 0.05) is 24.5 Å². The average Bonchev–Trinajstić information content (AvgIpc) is 3.13. The maximum absolute atomic E-state index is 11.7. The molecule has 0 saturated carbocycles. The number of benzene rings is 1. The molecule has 3 rings (SSSR count). The molecule has 0 aliphatic rings. The number of H-pyrrole nitrogens is 1. The monoisotopic (exact) mass is 296 g/mol. The molecule has 0 bridgehead atoms. The number of aliphatic carboxylic acids is 1. The molecule has 6 heteroatoms. The molecule has 112 valence electrons. The second kappa shape index (κ2) is 5.85. The maximum atomic E-state index is 11.7. The molecule has 2 heterocycles. The number of nitrogens with zero attached hydrogens (tertiary/aromatic N) is 3. The Labute approximate surface area is 127 Å². The molecule has 0 radical (unpaired) electrons. The van der Waals surface area contributed by atoms with Crippen molar-refractivity contribution >= 4 is 5.97 Å². The number of nitrogens with one attached hydrogen (secondary N) is 1. The van der Waals surface area contributed by atoms with E-state index < -0.39 is 12.0 Å². The van der Waals surface area contributed by atoms with Gasteiger partial charge in [0.05, 0.1) is 6.33 Å². The molecule has 2 N–H and O–H groups in total. The van der Waals surface area contributed by atoms with Crippen LogP contribution in [-0.4, -0.2) is 30.6 Å². The molecular formula is C16H16N4O2. The molecule has 2 aromatic heterocycles. The number of hydrogen-bond donors (Lipinski definition) is 2. The van der Waals surface area contributed by atoms with Crippen molar-refractivity contribution in [2.45, 2.75) is 19.4 Å². The van der Waals surface area contributed by atoms with Crippen LogP contribution in [0.4, 0.5) is 0 Å². The molecule has 0 aliphatic heterocycles. The second-order valence-electron chi connectivity index (χ2n) is 5.08. The van der Waals surface area contributed by atoms with Gasteiger partial charge in [-0.1, -0.05) is 30.3 Å². The number of aromatic amines is 1. The van der Waals surface area contributed by atoms with Crippen molar-refractivity contribution in [3.8, 4) is 11.5 Å². The molecular weight excluding hydrogens is 280 g/mol. The number of rotatable bonds is 5. The fraction of sp³-hybridized carbons (Fsp3) is 0.188. The predicted molar refractivity (Wildman–Crippen MR) is 81.4 cm³/mol. The first-order chi connectivity index (χ1) is 10.7. The van der Waals surface area contributed by atoms with Crippen LogP contribution in [-0.2, 0) is 11.2 Å². The molecule has 0 saturated heterocycles. The van der Waals surface area contributed by atoms with E-state index in [9.17, 15) is 9.90 Å². The highest BCUT2D eigenvalue weighted by atomic mass is 16.4. The van der Waals surface area contributed by atoms with E-state index in [1.165, 1.54) is 0 Å². The minimum atomic E-state index is -0.892. The molecule has 1 unspecified atom stereocenters. The van der Waals surface area contributed by atoms with Gasteiger partial charge in [0.1, 0.15) is 11.7 Å². The van der Waals surface area contributed by atoms with Gasteiger partial charge in [-0.15, -0.1) is 0 Å². The minimum absolute atomic E-state index is 0.392. The van der Waals surface area contributed by atoms with E-state index >= 15 is 0 Å². The number of imidazole rings is 2. The maximum Gasteiger partial charge on any atom is 0.327 e. The molecule has 1 aromatic carbocycles. The van der Waals surface area contributed by atoms with E-state index in [1.807, 2.05) is 37.3 Å². The van der Waals surface area contributed by atoms with Crippen LogP contribution in [0.1, 0.15) is 17.3 Å². The van der Waals surface area contributed by atoms with Crippen molar-refractivity contribution in [1.29, 1.82) is 0 Å². The standard InChI is InChI=1S/C16H16N4O2/c1-11-14(19-10-18-11)15-17-7-8-20(15)13(16(21)22)9-12-5-3-2-4-6-12/h2-8,10,13H,9H2,1H3,(H,18,19)(H,21,22). The number of carboxylic acids is 1. The van der Waals surface area contributed by atoms with Crippen LogP contribution in [0.15, 0.2) is 49.1 Å². The summed E-state index contributed by atoms with van der Waals surface area (Å²) in [5.41, 5.74) is 2.49. The summed E-state index contributed by atoms with van der Waals surface area (Å²) in [5, 5.41) is 9.62. The van der Waals surface area contributed by atoms with Crippen LogP contribution in [0.2, 0.25) is 0 Å². The van der Waals surface area contributed by atoms with E-state index in [0.717, 1.165) is 11.3 Å². The summed E-state index contributed by atoms with van der Waals surface area (Å²) in [6, 6.07) is 8.84. The Kier molecular flexibility index (Phi) is 3.74. The van der Waals surface area contributed by atoms with Crippen LogP contribution < -0.4 is 0 Å². The largest absolute Gasteiger partial charge is 0.480 e. The Hall–Kier alpha value is -2.89. The Morgan fingerprint density at radius 1 is 1.32 bits per heavy atom. The summed E-state index contributed by atoms with van der Waals surface area (Å²) in [4.78, 5) is 23.2. The first-order valence-corrected chi connectivity index (χ1v) is 6.96. The highest BCUT2D eigenvalue weighted by Crippen LogP contribution is 2.24. The van der Waals surface area contributed by atoms with Crippen LogP contribution in [0.25, 0.3) is 11.5 Å². The lowest BCUT2D eigenvalue weighted by atomic mass is 10.1. The summed E-state index contributed by atoms with van der Waals surface area (Å²) in [7, 11) is 0. The lowest BCUT2D eigenvalue weighted by Gasteiger charge is -2.16. The number of aryl methyl sites for hydroxylation is 1. The first-order valence-electron chi connectivity index (χ1n) is 6.96. The fourth-order valence-corrected chi connectivity index (χ4v) is 2.47. The predicted octanol–water partition coefficient (Wildman–Crippen LogP) is 2.45. The first kappa shape index (κ1) is 14.1. The van der Waals surface area contributed by atoms with Gasteiger partial charge in [-0.3, -0.25) is 0 Å². The summed E-state index contributed by atoms with van der Waals surface area (Å²) in [5.74, 6) is -0.335. The van der Waals surface area contributed by atoms with Crippen molar-refractivity contribution < 1.29 is 9.90 Å². The summed E-state index contributed by atoms with van der Waals surface area (Å²) >= 11 is 0. The highest BCUT2D eigenvalue weighted by Gasteiger charge is 2.24. The molecule has 0 spiro atoms. The topological polar surface area (TPSA) is 83.8 Å². The number of carboxylic acid groups (broad SMARTS) is 1. The highest BCUT2D eigenvalue weighted by molar-refractivity contribution is 5.73. The Balaban J connectivity index is 1.99. The normalized spacial score (nSPS) is 12.2. The van der Waals surface area contributed by atoms with Crippen LogP contribution in [0.3, 0.4) is 0 Å². The number of hydrogen-bond acceptors (Lipinski definition) is 3. The Morgan fingerprint density at radius 3 is 2.73 bits per heavy atom. The summed E-state index contributed by atoms with van der Waals surface area (Å²) in [6.45, 7) is 1.88. The number of carbonyl (C=O) groups is 1. The van der Waals surface area contributed by atoms with E-state index in [0.29, 0.717) is 17.9 Å². The minimum Gasteiger partial charge on any atom is -0.480 e. The zero-order valence-corrected chi connectivity index (χ0v) is 12.1. The summed E-state index contributed by atoms with van der Waals surface area (Å²) < 4.78 is 1.67. The van der Waals surface area contributed by atoms with Gasteiger partial charge < -0.3 is 14.7 Å². The molecule has 0 fully saturated rings. The van der Waals surface area contributed by atoms with Crippen molar-refractivity contribution in [2.75, 3.05) is 0 Å². The van der Waals surface area contributed by atoms with Crippen molar-refractivity contribution in [2.24, 2.45) is 0 Å². The average molecular weight is 296 g/mol. The second-order valence-corrected chi connectivity index (χ2v) is 5.08. The molecule has 6 nitrogen and oxygen atoms in total. The quantitative estimate of drug-likeness (QED) is 0.757. The third-order valence-electron chi connectivity index (χ3n) is 3.60. The third-order valence-corrected chi connectivity index (χ3v) is 3.60. The number of aromatic nitrogens is 4. The molecule has 1 atom stereocenters. The van der Waals surface area contributed by atoms with Crippen molar-refractivity contribution in [3.05, 3.63) is 60.3 Å². The van der Waals surface area contributed by atoms with E-state index in [-0.39, 0.29) is 0 Å². The Morgan fingerprint density at radius 2 is 2.09 bits per heavy atom. The van der Waals surface area contributed by atoms with Gasteiger partial charge in [0.25, 0.3) is 0 Å². The summed E-state index contributed by atoms with van der Waals surface area (Å²) in [6.07, 6.45) is 5.26. The van der Waals surface area contributed by atoms with Gasteiger partial charge >= 0.3 is 5.97 Å². The van der Waals surface area contributed by atoms with Crippen LogP contribution in [0.5, 0.6) is 0 Å². The zero-order valence-electron chi connectivity index (χ0n) is 12.1. The molecule has 3 aromatic rings. The lowest BCUT2D eigenvalue weighted by molar-refractivity contribution is -0.140. The zero-order chi connectivity index (χ0) is 15.5. The van der Waals surface area contributed by atoms with Gasteiger partial charge in [-0.05, 0) is 12.5 Å². The van der Waals surface area contributed by atoms with Crippen molar-refractivity contribution in [3.63, 3.8) is 0 Å². The van der Waals surface area contributed by atoms with Crippen molar-refractivity contribution in [1.82, 2.24) is 19.5 Å². The van der Waals surface area contributed by atoms with Crippen LogP contribution >= 0.6 is 0 Å². The lowest BCUT2D eigenvalue weighted by Crippen LogP contribution is -2.22. The third kappa shape index (κ3) is 2.63. The Bertz CT molecular complexity index is 776. The molecule has 0 aliphatic carbocycles. The van der Waals surface area contributed by atoms with E-state index in [4.69, 9.17) is 0 Å². The molecule has 22 heavy (non-hydrogen) atoms. The van der Waals surface area contributed by atoms with Crippen LogP contribution in [0, 0.1) is 6.92 Å². The van der Waals surface area contributed by atoms with E-state index in [1.54, 1.807) is 23.3 Å². The van der Waals surface area contributed by atoms with Gasteiger partial charge in [-0.25, -0.2) is 14.8 Å².